The van der Waals surface area contributed by atoms with Crippen LogP contribution in [0.4, 0.5) is 10.1 Å². The van der Waals surface area contributed by atoms with Crippen molar-refractivity contribution in [3.05, 3.63) is 29.1 Å². The summed E-state index contributed by atoms with van der Waals surface area (Å²) in [6.45, 7) is 4.88. The van der Waals surface area contributed by atoms with Gasteiger partial charge in [0.25, 0.3) is 0 Å². The van der Waals surface area contributed by atoms with Gasteiger partial charge in [0.2, 0.25) is 0 Å². The Morgan fingerprint density at radius 3 is 2.72 bits per heavy atom. The molecule has 0 aromatic heterocycles. The molecule has 3 rings (SSSR count). The summed E-state index contributed by atoms with van der Waals surface area (Å²) in [5, 5.41) is 0. The second-order valence-electron chi connectivity index (χ2n) is 5.93. The number of rotatable bonds is 2. The highest BCUT2D eigenvalue weighted by Gasteiger charge is 2.38. The quantitative estimate of drug-likeness (QED) is 0.871. The van der Waals surface area contributed by atoms with Crippen LogP contribution in [-0.2, 0) is 0 Å². The van der Waals surface area contributed by atoms with Gasteiger partial charge in [0.1, 0.15) is 5.82 Å². The Hall–Kier alpha value is -1.09. The number of nitrogens with two attached hydrogens (primary N) is 1. The second-order valence-corrected chi connectivity index (χ2v) is 5.93. The van der Waals surface area contributed by atoms with Crippen LogP contribution in [0.5, 0.6) is 0 Å². The molecule has 2 aliphatic rings. The molecule has 0 amide bonds. The summed E-state index contributed by atoms with van der Waals surface area (Å²) in [6, 6.07) is 4.14. The van der Waals surface area contributed by atoms with E-state index < -0.39 is 0 Å². The molecular formula is C15H21FN2. The van der Waals surface area contributed by atoms with Gasteiger partial charge in [0, 0.05) is 24.3 Å². The predicted molar refractivity (Wildman–Crippen MR) is 72.2 cm³/mol. The largest absolute Gasteiger partial charge is 0.368 e. The number of benzene rings is 1. The van der Waals surface area contributed by atoms with Crippen LogP contribution in [0.25, 0.3) is 0 Å². The SMILES string of the molecule is Cc1cc(N2CC3CCC2C3)c([C@H](C)N)cc1F. The number of nitrogens with zero attached hydrogens (tertiary/aromatic N) is 1. The summed E-state index contributed by atoms with van der Waals surface area (Å²) in [5.41, 5.74) is 8.84. The van der Waals surface area contributed by atoms with Crippen molar-refractivity contribution in [3.63, 3.8) is 0 Å². The molecule has 1 saturated carbocycles. The van der Waals surface area contributed by atoms with Crippen molar-refractivity contribution in [3.8, 4) is 0 Å². The van der Waals surface area contributed by atoms with Crippen molar-refractivity contribution < 1.29 is 4.39 Å². The van der Waals surface area contributed by atoms with E-state index in [9.17, 15) is 4.39 Å². The fraction of sp³-hybridized carbons (Fsp3) is 0.600. The molecule has 1 aliphatic heterocycles. The zero-order chi connectivity index (χ0) is 12.9. The molecule has 2 N–H and O–H groups in total. The molecule has 0 spiro atoms. The average molecular weight is 248 g/mol. The van der Waals surface area contributed by atoms with Gasteiger partial charge in [0.15, 0.2) is 0 Å². The van der Waals surface area contributed by atoms with Crippen LogP contribution in [-0.4, -0.2) is 12.6 Å². The van der Waals surface area contributed by atoms with Gasteiger partial charge in [-0.1, -0.05) is 0 Å². The molecule has 2 fully saturated rings. The molecule has 1 aromatic rings. The molecule has 0 radical (unpaired) electrons. The van der Waals surface area contributed by atoms with Crippen molar-refractivity contribution >= 4 is 5.69 Å². The third-order valence-corrected chi connectivity index (χ3v) is 4.52. The number of piperidine rings is 1. The van der Waals surface area contributed by atoms with E-state index in [1.807, 2.05) is 19.9 Å². The number of halogens is 1. The lowest BCUT2D eigenvalue weighted by Crippen LogP contribution is -2.33. The minimum atomic E-state index is -0.143. The highest BCUT2D eigenvalue weighted by Crippen LogP contribution is 2.42. The molecular weight excluding hydrogens is 227 g/mol. The monoisotopic (exact) mass is 248 g/mol. The van der Waals surface area contributed by atoms with E-state index in [-0.39, 0.29) is 11.9 Å². The van der Waals surface area contributed by atoms with Crippen molar-refractivity contribution in [1.82, 2.24) is 0 Å². The molecule has 18 heavy (non-hydrogen) atoms. The fourth-order valence-corrected chi connectivity index (χ4v) is 3.51. The maximum atomic E-state index is 13.7. The van der Waals surface area contributed by atoms with E-state index in [1.54, 1.807) is 6.07 Å². The lowest BCUT2D eigenvalue weighted by molar-refractivity contribution is 0.550. The summed E-state index contributed by atoms with van der Waals surface area (Å²) >= 11 is 0. The van der Waals surface area contributed by atoms with Crippen LogP contribution in [0.2, 0.25) is 0 Å². The van der Waals surface area contributed by atoms with E-state index in [0.717, 1.165) is 29.3 Å². The lowest BCUT2D eigenvalue weighted by atomic mass is 10.0. The number of aryl methyl sites for hydroxylation is 1. The maximum absolute atomic E-state index is 13.7. The lowest BCUT2D eigenvalue weighted by Gasteiger charge is -2.32. The zero-order valence-corrected chi connectivity index (χ0v) is 11.1. The average Bonchev–Trinajstić information content (AvgIpc) is 2.93. The first-order chi connectivity index (χ1) is 8.56. The highest BCUT2D eigenvalue weighted by molar-refractivity contribution is 5.59. The van der Waals surface area contributed by atoms with Gasteiger partial charge in [0.05, 0.1) is 0 Å². The summed E-state index contributed by atoms with van der Waals surface area (Å²) < 4.78 is 13.7. The summed E-state index contributed by atoms with van der Waals surface area (Å²) in [4.78, 5) is 2.46. The van der Waals surface area contributed by atoms with Crippen LogP contribution >= 0.6 is 0 Å². The first-order valence-corrected chi connectivity index (χ1v) is 6.88. The van der Waals surface area contributed by atoms with Gasteiger partial charge in [-0.25, -0.2) is 4.39 Å². The minimum absolute atomic E-state index is 0.116. The molecule has 98 valence electrons. The fourth-order valence-electron chi connectivity index (χ4n) is 3.51. The molecule has 2 nitrogen and oxygen atoms in total. The first kappa shape index (κ1) is 12.0. The van der Waals surface area contributed by atoms with Gasteiger partial charge < -0.3 is 10.6 Å². The van der Waals surface area contributed by atoms with Gasteiger partial charge in [-0.15, -0.1) is 0 Å². The topological polar surface area (TPSA) is 29.3 Å². The molecule has 1 saturated heterocycles. The Morgan fingerprint density at radius 1 is 1.39 bits per heavy atom. The molecule has 1 aromatic carbocycles. The Labute approximate surface area is 108 Å². The van der Waals surface area contributed by atoms with Crippen molar-refractivity contribution in [2.45, 2.75) is 45.2 Å². The Bertz CT molecular complexity index is 470. The van der Waals surface area contributed by atoms with Gasteiger partial charge in [-0.05, 0) is 62.3 Å². The van der Waals surface area contributed by atoms with E-state index in [0.29, 0.717) is 6.04 Å². The second kappa shape index (κ2) is 4.23. The van der Waals surface area contributed by atoms with Gasteiger partial charge in [-0.2, -0.15) is 0 Å². The summed E-state index contributed by atoms with van der Waals surface area (Å²) in [6.07, 6.45) is 3.93. The van der Waals surface area contributed by atoms with Crippen molar-refractivity contribution in [2.24, 2.45) is 11.7 Å². The third kappa shape index (κ3) is 1.81. The number of hydrogen-bond acceptors (Lipinski definition) is 2. The van der Waals surface area contributed by atoms with Crippen LogP contribution in [0.1, 0.15) is 43.4 Å². The first-order valence-electron chi connectivity index (χ1n) is 6.88. The molecule has 2 unspecified atom stereocenters. The molecule has 2 bridgehead atoms. The van der Waals surface area contributed by atoms with Crippen molar-refractivity contribution in [2.75, 3.05) is 11.4 Å². The number of anilines is 1. The maximum Gasteiger partial charge on any atom is 0.126 e. The van der Waals surface area contributed by atoms with E-state index >= 15 is 0 Å². The molecule has 3 atom stereocenters. The third-order valence-electron chi connectivity index (χ3n) is 4.52. The minimum Gasteiger partial charge on any atom is -0.368 e. The van der Waals surface area contributed by atoms with Crippen LogP contribution in [0.3, 0.4) is 0 Å². The Balaban J connectivity index is 2.02. The van der Waals surface area contributed by atoms with Gasteiger partial charge >= 0.3 is 0 Å². The molecule has 1 heterocycles. The standard InChI is InChI=1S/C15H21FN2/c1-9-5-15(13(10(2)17)7-14(9)16)18-8-11-3-4-12(18)6-11/h5,7,10-12H,3-4,6,8,17H2,1-2H3/t10-,11?,12?/m0/s1. The van der Waals surface area contributed by atoms with E-state index in [1.165, 1.54) is 19.3 Å². The van der Waals surface area contributed by atoms with Crippen LogP contribution in [0.15, 0.2) is 12.1 Å². The summed E-state index contributed by atoms with van der Waals surface area (Å²) in [7, 11) is 0. The van der Waals surface area contributed by atoms with E-state index in [2.05, 4.69) is 4.90 Å². The van der Waals surface area contributed by atoms with Crippen molar-refractivity contribution in [1.29, 1.82) is 0 Å². The zero-order valence-electron chi connectivity index (χ0n) is 11.1. The molecule has 1 aliphatic carbocycles. The Kier molecular flexibility index (Phi) is 2.81. The smallest absolute Gasteiger partial charge is 0.126 e. The van der Waals surface area contributed by atoms with Gasteiger partial charge in [-0.3, -0.25) is 0 Å². The van der Waals surface area contributed by atoms with Crippen LogP contribution < -0.4 is 10.6 Å². The van der Waals surface area contributed by atoms with Crippen LogP contribution in [0, 0.1) is 18.7 Å². The van der Waals surface area contributed by atoms with E-state index in [4.69, 9.17) is 5.73 Å². The number of hydrogen-bond donors (Lipinski definition) is 1. The highest BCUT2D eigenvalue weighted by atomic mass is 19.1. The predicted octanol–water partition coefficient (Wildman–Crippen LogP) is 3.14. The normalized spacial score (nSPS) is 27.9. The number of fused-ring (bicyclic) bond motifs is 2. The Morgan fingerprint density at radius 2 is 2.17 bits per heavy atom. The molecule has 3 heteroatoms. The summed E-state index contributed by atoms with van der Waals surface area (Å²) in [5.74, 6) is 0.691.